The molecule has 0 bridgehead atoms. The van der Waals surface area contributed by atoms with Crippen LogP contribution in [0.3, 0.4) is 0 Å². The highest BCUT2D eigenvalue weighted by molar-refractivity contribution is 5.61. The van der Waals surface area contributed by atoms with E-state index in [1.54, 1.807) is 7.05 Å². The van der Waals surface area contributed by atoms with Crippen molar-refractivity contribution in [2.75, 3.05) is 11.9 Å². The van der Waals surface area contributed by atoms with Gasteiger partial charge in [-0.1, -0.05) is 20.8 Å². The molecule has 7 heteroatoms. The minimum atomic E-state index is -0.391. The van der Waals surface area contributed by atoms with Crippen molar-refractivity contribution in [2.45, 2.75) is 46.1 Å². The SMILES string of the molecule is CCc1nn(C)c(NC(C)(CN)CC(C)C)c1[N+](=O)[O-]. The molecular weight excluding hydrogens is 258 g/mol. The van der Waals surface area contributed by atoms with Crippen LogP contribution < -0.4 is 11.1 Å². The predicted octanol–water partition coefficient (Wildman–Crippen LogP) is 2.07. The molecule has 0 amide bonds. The second-order valence-electron chi connectivity index (χ2n) is 5.87. The summed E-state index contributed by atoms with van der Waals surface area (Å²) in [6, 6.07) is 0. The number of hydrogen-bond donors (Lipinski definition) is 2. The Morgan fingerprint density at radius 1 is 1.55 bits per heavy atom. The van der Waals surface area contributed by atoms with Gasteiger partial charge >= 0.3 is 5.69 Å². The first kappa shape index (κ1) is 16.4. The minimum absolute atomic E-state index is 0.0541. The van der Waals surface area contributed by atoms with E-state index >= 15 is 0 Å². The highest BCUT2D eigenvalue weighted by Gasteiger charge is 2.32. The molecule has 1 aromatic rings. The highest BCUT2D eigenvalue weighted by Crippen LogP contribution is 2.32. The Bertz CT molecular complexity index is 483. The first-order chi connectivity index (χ1) is 9.24. The van der Waals surface area contributed by atoms with E-state index in [1.165, 1.54) is 4.68 Å². The third-order valence-electron chi connectivity index (χ3n) is 3.34. The maximum absolute atomic E-state index is 11.3. The van der Waals surface area contributed by atoms with Gasteiger partial charge in [0.15, 0.2) is 0 Å². The van der Waals surface area contributed by atoms with Crippen molar-refractivity contribution in [3.63, 3.8) is 0 Å². The molecule has 20 heavy (non-hydrogen) atoms. The molecule has 0 saturated heterocycles. The molecule has 1 atom stereocenters. The fourth-order valence-electron chi connectivity index (χ4n) is 2.51. The number of hydrogen-bond acceptors (Lipinski definition) is 5. The van der Waals surface area contributed by atoms with Crippen LogP contribution in [0.4, 0.5) is 11.5 Å². The topological polar surface area (TPSA) is 99.0 Å². The molecule has 1 rings (SSSR count). The molecular formula is C13H25N5O2. The number of nitro groups is 1. The molecule has 1 heterocycles. The van der Waals surface area contributed by atoms with Gasteiger partial charge in [-0.05, 0) is 25.7 Å². The summed E-state index contributed by atoms with van der Waals surface area (Å²) in [6.07, 6.45) is 1.35. The van der Waals surface area contributed by atoms with Crippen LogP contribution in [-0.2, 0) is 13.5 Å². The van der Waals surface area contributed by atoms with Crippen LogP contribution in [0.5, 0.6) is 0 Å². The summed E-state index contributed by atoms with van der Waals surface area (Å²) in [6.45, 7) is 8.44. The average Bonchev–Trinajstić information content (AvgIpc) is 2.65. The number of nitrogens with zero attached hydrogens (tertiary/aromatic N) is 3. The number of rotatable bonds is 7. The Kier molecular flexibility index (Phi) is 5.10. The Labute approximate surface area is 119 Å². The Hall–Kier alpha value is -1.63. The third-order valence-corrected chi connectivity index (χ3v) is 3.34. The molecule has 0 aliphatic carbocycles. The second-order valence-corrected chi connectivity index (χ2v) is 5.87. The Morgan fingerprint density at radius 2 is 2.15 bits per heavy atom. The zero-order valence-corrected chi connectivity index (χ0v) is 12.9. The third kappa shape index (κ3) is 3.47. The van der Waals surface area contributed by atoms with Gasteiger partial charge in [-0.3, -0.25) is 10.1 Å². The van der Waals surface area contributed by atoms with Crippen molar-refractivity contribution in [3.05, 3.63) is 15.8 Å². The van der Waals surface area contributed by atoms with Crippen LogP contribution in [0, 0.1) is 16.0 Å². The van der Waals surface area contributed by atoms with E-state index in [2.05, 4.69) is 24.3 Å². The monoisotopic (exact) mass is 283 g/mol. The van der Waals surface area contributed by atoms with Gasteiger partial charge < -0.3 is 11.1 Å². The van der Waals surface area contributed by atoms with E-state index in [-0.39, 0.29) is 10.6 Å². The lowest BCUT2D eigenvalue weighted by molar-refractivity contribution is -0.384. The fourth-order valence-corrected chi connectivity index (χ4v) is 2.51. The second kappa shape index (κ2) is 6.21. The van der Waals surface area contributed by atoms with Gasteiger partial charge in [0.05, 0.1) is 4.92 Å². The number of nitrogens with one attached hydrogen (secondary N) is 1. The molecule has 1 aromatic heterocycles. The van der Waals surface area contributed by atoms with Gasteiger partial charge in [-0.25, -0.2) is 4.68 Å². The lowest BCUT2D eigenvalue weighted by Crippen LogP contribution is -2.44. The van der Waals surface area contributed by atoms with Crippen molar-refractivity contribution in [3.8, 4) is 0 Å². The summed E-state index contributed by atoms with van der Waals surface area (Å²) in [4.78, 5) is 10.9. The van der Waals surface area contributed by atoms with Crippen LogP contribution in [0.1, 0.15) is 39.8 Å². The van der Waals surface area contributed by atoms with Crippen LogP contribution >= 0.6 is 0 Å². The summed E-state index contributed by atoms with van der Waals surface area (Å²) >= 11 is 0. The van der Waals surface area contributed by atoms with Crippen LogP contribution in [0.15, 0.2) is 0 Å². The first-order valence-electron chi connectivity index (χ1n) is 6.92. The van der Waals surface area contributed by atoms with Crippen LogP contribution in [-0.4, -0.2) is 26.8 Å². The predicted molar refractivity (Wildman–Crippen MR) is 79.8 cm³/mol. The maximum atomic E-state index is 11.3. The van der Waals surface area contributed by atoms with Crippen LogP contribution in [0.2, 0.25) is 0 Å². The Morgan fingerprint density at radius 3 is 2.55 bits per heavy atom. The summed E-state index contributed by atoms with van der Waals surface area (Å²) in [5.74, 6) is 0.870. The lowest BCUT2D eigenvalue weighted by atomic mass is 9.90. The van der Waals surface area contributed by atoms with E-state index in [1.807, 2.05) is 13.8 Å². The van der Waals surface area contributed by atoms with Crippen molar-refractivity contribution in [1.82, 2.24) is 9.78 Å². The summed E-state index contributed by atoms with van der Waals surface area (Å²) in [5.41, 5.74) is 6.01. The van der Waals surface area contributed by atoms with Crippen molar-refractivity contribution < 1.29 is 4.92 Å². The standard InChI is InChI=1S/C13H25N5O2/c1-6-10-11(18(19)20)12(17(5)16-10)15-13(4,8-14)7-9(2)3/h9,15H,6-8,14H2,1-5H3. The first-order valence-corrected chi connectivity index (χ1v) is 6.92. The minimum Gasteiger partial charge on any atom is -0.358 e. The van der Waals surface area contributed by atoms with Gasteiger partial charge in [-0.2, -0.15) is 5.10 Å². The van der Waals surface area contributed by atoms with Gasteiger partial charge in [0, 0.05) is 19.1 Å². The zero-order valence-electron chi connectivity index (χ0n) is 12.9. The molecule has 0 aliphatic rings. The fraction of sp³-hybridized carbons (Fsp3) is 0.769. The average molecular weight is 283 g/mol. The number of nitrogens with two attached hydrogens (primary N) is 1. The van der Waals surface area contributed by atoms with E-state index < -0.39 is 5.54 Å². The summed E-state index contributed by atoms with van der Waals surface area (Å²) in [5, 5.41) is 18.8. The molecule has 3 N–H and O–H groups in total. The van der Waals surface area contributed by atoms with Gasteiger partial charge in [0.2, 0.25) is 5.82 Å². The van der Waals surface area contributed by atoms with Gasteiger partial charge in [-0.15, -0.1) is 0 Å². The largest absolute Gasteiger partial charge is 0.358 e. The maximum Gasteiger partial charge on any atom is 0.333 e. The van der Waals surface area contributed by atoms with Gasteiger partial charge in [0.25, 0.3) is 0 Å². The van der Waals surface area contributed by atoms with Gasteiger partial charge in [0.1, 0.15) is 5.69 Å². The molecule has 0 radical (unpaired) electrons. The van der Waals surface area contributed by atoms with Crippen LogP contribution in [0.25, 0.3) is 0 Å². The molecule has 0 aliphatic heterocycles. The molecule has 0 saturated carbocycles. The molecule has 0 aromatic carbocycles. The van der Waals surface area contributed by atoms with E-state index in [0.717, 1.165) is 6.42 Å². The molecule has 1 unspecified atom stereocenters. The molecule has 7 nitrogen and oxygen atoms in total. The number of aromatic nitrogens is 2. The molecule has 114 valence electrons. The summed E-state index contributed by atoms with van der Waals surface area (Å²) < 4.78 is 1.53. The highest BCUT2D eigenvalue weighted by atomic mass is 16.6. The van der Waals surface area contributed by atoms with Crippen molar-refractivity contribution in [1.29, 1.82) is 0 Å². The lowest BCUT2D eigenvalue weighted by Gasteiger charge is -2.31. The van der Waals surface area contributed by atoms with E-state index in [9.17, 15) is 10.1 Å². The van der Waals surface area contributed by atoms with Crippen molar-refractivity contribution in [2.24, 2.45) is 18.7 Å². The zero-order chi connectivity index (χ0) is 15.5. The smallest absolute Gasteiger partial charge is 0.333 e. The van der Waals surface area contributed by atoms with Crippen molar-refractivity contribution >= 4 is 11.5 Å². The molecule has 0 spiro atoms. The molecule has 0 fully saturated rings. The Balaban J connectivity index is 3.19. The number of aryl methyl sites for hydroxylation is 2. The van der Waals surface area contributed by atoms with E-state index in [4.69, 9.17) is 5.73 Å². The quantitative estimate of drug-likeness (QED) is 0.589. The van der Waals surface area contributed by atoms with E-state index in [0.29, 0.717) is 30.4 Å². The summed E-state index contributed by atoms with van der Waals surface area (Å²) in [7, 11) is 1.71. The number of anilines is 1. The normalized spacial score (nSPS) is 14.3.